The van der Waals surface area contributed by atoms with E-state index in [1.54, 1.807) is 18.3 Å². The molecular formula is C20H21N5O2. The molecule has 0 saturated carbocycles. The summed E-state index contributed by atoms with van der Waals surface area (Å²) >= 11 is 0. The first-order chi connectivity index (χ1) is 13.0. The number of hydrogen-bond donors (Lipinski definition) is 3. The predicted molar refractivity (Wildman–Crippen MR) is 103 cm³/mol. The zero-order valence-electron chi connectivity index (χ0n) is 15.2. The number of hydrogen-bond acceptors (Lipinski definition) is 4. The van der Waals surface area contributed by atoms with Gasteiger partial charge in [0.1, 0.15) is 5.69 Å². The minimum atomic E-state index is -0.745. The molecule has 1 aromatic carbocycles. The van der Waals surface area contributed by atoms with Gasteiger partial charge in [-0.15, -0.1) is 0 Å². The highest BCUT2D eigenvalue weighted by Crippen LogP contribution is 2.22. The second-order valence-electron chi connectivity index (χ2n) is 6.35. The number of rotatable bonds is 5. The molecule has 0 fully saturated rings. The summed E-state index contributed by atoms with van der Waals surface area (Å²) in [5.74, 6) is -1.34. The first-order valence-electron chi connectivity index (χ1n) is 8.65. The van der Waals surface area contributed by atoms with Crippen LogP contribution in [-0.2, 0) is 9.59 Å². The van der Waals surface area contributed by atoms with E-state index in [1.165, 1.54) is 6.20 Å². The number of aryl methyl sites for hydroxylation is 1. The summed E-state index contributed by atoms with van der Waals surface area (Å²) in [7, 11) is 0. The van der Waals surface area contributed by atoms with Gasteiger partial charge in [0.15, 0.2) is 0 Å². The van der Waals surface area contributed by atoms with Gasteiger partial charge in [0.05, 0.1) is 17.6 Å². The molecule has 0 aliphatic heterocycles. The topological polar surface area (TPSA) is 99.8 Å². The van der Waals surface area contributed by atoms with Crippen molar-refractivity contribution in [2.24, 2.45) is 0 Å². The number of nitrogens with zero attached hydrogens (tertiary/aromatic N) is 2. The highest BCUT2D eigenvalue weighted by molar-refractivity contribution is 6.39. The van der Waals surface area contributed by atoms with E-state index < -0.39 is 11.8 Å². The third-order valence-corrected chi connectivity index (χ3v) is 4.19. The van der Waals surface area contributed by atoms with Gasteiger partial charge in [-0.25, -0.2) is 0 Å². The fraction of sp³-hybridized carbons (Fsp3) is 0.200. The number of amides is 2. The Kier molecular flexibility index (Phi) is 5.61. The summed E-state index contributed by atoms with van der Waals surface area (Å²) in [6.07, 6.45) is 3.09. The fourth-order valence-corrected chi connectivity index (χ4v) is 2.69. The first-order valence-corrected chi connectivity index (χ1v) is 8.65. The van der Waals surface area contributed by atoms with Crippen LogP contribution < -0.4 is 10.6 Å². The van der Waals surface area contributed by atoms with Gasteiger partial charge < -0.3 is 10.6 Å². The lowest BCUT2D eigenvalue weighted by molar-refractivity contribution is -0.136. The largest absolute Gasteiger partial charge is 0.347 e. The van der Waals surface area contributed by atoms with Crippen LogP contribution in [0, 0.1) is 6.92 Å². The van der Waals surface area contributed by atoms with E-state index in [0.29, 0.717) is 23.6 Å². The standard InChI is InChI=1S/C20H21N5O2/c1-13-6-5-7-15(10-13)14(2)11-22-19(26)20(27)24-17-12-23-25-18(17)16-8-3-4-9-21-16/h3-10,12,14H,11H2,1-2H3,(H,22,26)(H,23,25)(H,24,27)/t14-/m1/s1. The number of aromatic amines is 1. The Bertz CT molecular complexity index is 936. The average Bonchev–Trinajstić information content (AvgIpc) is 3.14. The molecule has 2 aromatic heterocycles. The molecule has 3 rings (SSSR count). The molecule has 0 spiro atoms. The van der Waals surface area contributed by atoms with E-state index in [-0.39, 0.29) is 5.92 Å². The van der Waals surface area contributed by atoms with E-state index in [0.717, 1.165) is 11.1 Å². The number of carbonyl (C=O) groups excluding carboxylic acids is 2. The number of anilines is 1. The van der Waals surface area contributed by atoms with E-state index in [9.17, 15) is 9.59 Å². The van der Waals surface area contributed by atoms with E-state index >= 15 is 0 Å². The molecule has 2 amide bonds. The first kappa shape index (κ1) is 18.3. The summed E-state index contributed by atoms with van der Waals surface area (Å²) in [4.78, 5) is 28.6. The minimum Gasteiger partial charge on any atom is -0.347 e. The quantitative estimate of drug-likeness (QED) is 0.607. The third-order valence-electron chi connectivity index (χ3n) is 4.19. The van der Waals surface area contributed by atoms with Crippen LogP contribution in [0.1, 0.15) is 24.0 Å². The highest BCUT2D eigenvalue weighted by Gasteiger charge is 2.18. The van der Waals surface area contributed by atoms with Crippen LogP contribution in [0.15, 0.2) is 54.9 Å². The molecule has 0 aliphatic carbocycles. The van der Waals surface area contributed by atoms with Gasteiger partial charge in [0.25, 0.3) is 0 Å². The Morgan fingerprint density at radius 3 is 2.74 bits per heavy atom. The maximum Gasteiger partial charge on any atom is 0.313 e. The van der Waals surface area contributed by atoms with Gasteiger partial charge in [-0.1, -0.05) is 42.8 Å². The zero-order chi connectivity index (χ0) is 19.2. The van der Waals surface area contributed by atoms with Gasteiger partial charge in [-0.3, -0.25) is 19.7 Å². The van der Waals surface area contributed by atoms with Gasteiger partial charge in [-0.2, -0.15) is 5.10 Å². The van der Waals surface area contributed by atoms with Crippen molar-refractivity contribution in [1.29, 1.82) is 0 Å². The van der Waals surface area contributed by atoms with Crippen LogP contribution in [-0.4, -0.2) is 33.5 Å². The summed E-state index contributed by atoms with van der Waals surface area (Å²) in [6.45, 7) is 4.39. The number of benzene rings is 1. The fourth-order valence-electron chi connectivity index (χ4n) is 2.69. The lowest BCUT2D eigenvalue weighted by Gasteiger charge is -2.13. The molecule has 3 aromatic rings. The minimum absolute atomic E-state index is 0.0969. The van der Waals surface area contributed by atoms with Crippen molar-refractivity contribution in [2.45, 2.75) is 19.8 Å². The molecule has 7 nitrogen and oxygen atoms in total. The molecule has 0 bridgehead atoms. The van der Waals surface area contributed by atoms with Crippen molar-refractivity contribution in [2.75, 3.05) is 11.9 Å². The van der Waals surface area contributed by atoms with Gasteiger partial charge >= 0.3 is 11.8 Å². The Labute approximate surface area is 157 Å². The van der Waals surface area contributed by atoms with Crippen LogP contribution in [0.25, 0.3) is 11.4 Å². The summed E-state index contributed by atoms with van der Waals surface area (Å²) in [5.41, 5.74) is 3.85. The molecule has 1 atom stereocenters. The summed E-state index contributed by atoms with van der Waals surface area (Å²) < 4.78 is 0. The Morgan fingerprint density at radius 1 is 1.15 bits per heavy atom. The van der Waals surface area contributed by atoms with Crippen molar-refractivity contribution in [3.8, 4) is 11.4 Å². The van der Waals surface area contributed by atoms with Gasteiger partial charge in [-0.05, 0) is 30.5 Å². The third kappa shape index (κ3) is 4.58. The normalized spacial score (nSPS) is 11.6. The van der Waals surface area contributed by atoms with E-state index in [4.69, 9.17) is 0 Å². The van der Waals surface area contributed by atoms with Gasteiger partial charge in [0.2, 0.25) is 0 Å². The second kappa shape index (κ2) is 8.27. The number of aromatic nitrogens is 3. The monoisotopic (exact) mass is 363 g/mol. The smallest absolute Gasteiger partial charge is 0.313 e. The molecule has 138 valence electrons. The summed E-state index contributed by atoms with van der Waals surface area (Å²) in [6, 6.07) is 13.5. The average molecular weight is 363 g/mol. The number of nitrogens with one attached hydrogen (secondary N) is 3. The molecule has 0 unspecified atom stereocenters. The SMILES string of the molecule is Cc1cccc([C@H](C)CNC(=O)C(=O)Nc2cn[nH]c2-c2ccccn2)c1. The molecule has 0 radical (unpaired) electrons. The lowest BCUT2D eigenvalue weighted by atomic mass is 9.99. The van der Waals surface area contributed by atoms with E-state index in [2.05, 4.69) is 31.9 Å². The second-order valence-corrected chi connectivity index (χ2v) is 6.35. The molecule has 2 heterocycles. The number of pyridine rings is 1. The zero-order valence-corrected chi connectivity index (χ0v) is 15.2. The van der Waals surface area contributed by atoms with Crippen LogP contribution >= 0.6 is 0 Å². The molecule has 27 heavy (non-hydrogen) atoms. The maximum atomic E-state index is 12.2. The highest BCUT2D eigenvalue weighted by atomic mass is 16.2. The maximum absolute atomic E-state index is 12.2. The predicted octanol–water partition coefficient (Wildman–Crippen LogP) is 2.64. The molecule has 7 heteroatoms. The number of carbonyl (C=O) groups is 2. The van der Waals surface area contributed by atoms with Crippen LogP contribution in [0.3, 0.4) is 0 Å². The number of H-pyrrole nitrogens is 1. The van der Waals surface area contributed by atoms with E-state index in [1.807, 2.05) is 38.1 Å². The summed E-state index contributed by atoms with van der Waals surface area (Å²) in [5, 5.41) is 12.0. The Balaban J connectivity index is 1.59. The molecule has 0 aliphatic rings. The van der Waals surface area contributed by atoms with Crippen molar-refractivity contribution >= 4 is 17.5 Å². The van der Waals surface area contributed by atoms with Crippen molar-refractivity contribution in [3.05, 3.63) is 66.0 Å². The lowest BCUT2D eigenvalue weighted by Crippen LogP contribution is -2.37. The van der Waals surface area contributed by atoms with Crippen molar-refractivity contribution in [3.63, 3.8) is 0 Å². The van der Waals surface area contributed by atoms with Crippen molar-refractivity contribution in [1.82, 2.24) is 20.5 Å². The van der Waals surface area contributed by atoms with Crippen LogP contribution in [0.4, 0.5) is 5.69 Å². The Hall–Kier alpha value is -3.48. The molecular weight excluding hydrogens is 342 g/mol. The Morgan fingerprint density at radius 2 is 2.00 bits per heavy atom. The van der Waals surface area contributed by atoms with Gasteiger partial charge in [0, 0.05) is 12.7 Å². The molecule has 0 saturated heterocycles. The molecule has 3 N–H and O–H groups in total. The van der Waals surface area contributed by atoms with Crippen LogP contribution in [0.5, 0.6) is 0 Å². The van der Waals surface area contributed by atoms with Crippen LogP contribution in [0.2, 0.25) is 0 Å². The van der Waals surface area contributed by atoms with Crippen molar-refractivity contribution < 1.29 is 9.59 Å².